The van der Waals surface area contributed by atoms with Gasteiger partial charge in [0.15, 0.2) is 0 Å². The van der Waals surface area contributed by atoms with Crippen LogP contribution in [0.15, 0.2) is 60.8 Å². The number of alkyl halides is 1. The molecule has 1 unspecified atom stereocenters. The number of allylic oxidation sites excluding steroid dienone is 4. The highest BCUT2D eigenvalue weighted by Crippen LogP contribution is 2.50. The molecule has 1 aliphatic rings. The topological polar surface area (TPSA) is 12.9 Å². The van der Waals surface area contributed by atoms with Crippen molar-refractivity contribution in [1.29, 1.82) is 0 Å². The monoisotopic (exact) mass is 423 g/mol. The van der Waals surface area contributed by atoms with Crippen LogP contribution in [0.25, 0.3) is 11.1 Å². The first-order chi connectivity index (χ1) is 12.5. The summed E-state index contributed by atoms with van der Waals surface area (Å²) in [5.41, 5.74) is 6.44. The zero-order valence-electron chi connectivity index (χ0n) is 17.3. The minimum atomic E-state index is -0.116. The van der Waals surface area contributed by atoms with Crippen LogP contribution >= 0.6 is 15.9 Å². The van der Waals surface area contributed by atoms with Gasteiger partial charge in [0.1, 0.15) is 0 Å². The molecule has 0 N–H and O–H groups in total. The van der Waals surface area contributed by atoms with Crippen molar-refractivity contribution in [3.05, 3.63) is 77.6 Å². The molecule has 1 heterocycles. The molecule has 1 aromatic heterocycles. The summed E-state index contributed by atoms with van der Waals surface area (Å²) in [6, 6.07) is 15.1. The number of halogens is 1. The number of aromatic nitrogens is 1. The smallest absolute Gasteiger partial charge is 0.0662 e. The zero-order valence-corrected chi connectivity index (χ0v) is 18.9. The van der Waals surface area contributed by atoms with Crippen LogP contribution in [-0.4, -0.2) is 9.31 Å². The van der Waals surface area contributed by atoms with Crippen LogP contribution < -0.4 is 0 Å². The lowest BCUT2D eigenvalue weighted by atomic mass is 9.72. The molecule has 0 radical (unpaired) electrons. The Hall–Kier alpha value is -1.67. The van der Waals surface area contributed by atoms with Gasteiger partial charge in [-0.25, -0.2) is 0 Å². The van der Waals surface area contributed by atoms with Crippen LogP contribution in [0.3, 0.4) is 0 Å². The van der Waals surface area contributed by atoms with E-state index in [1.54, 1.807) is 0 Å². The second kappa shape index (κ2) is 7.05. The molecule has 1 aliphatic carbocycles. The summed E-state index contributed by atoms with van der Waals surface area (Å²) >= 11 is 4.10. The largest absolute Gasteiger partial charge is 0.257 e. The van der Waals surface area contributed by atoms with E-state index in [0.29, 0.717) is 0 Å². The highest BCUT2D eigenvalue weighted by molar-refractivity contribution is 9.10. The van der Waals surface area contributed by atoms with Crippen molar-refractivity contribution in [2.75, 3.05) is 0 Å². The van der Waals surface area contributed by atoms with Crippen molar-refractivity contribution in [1.82, 2.24) is 4.98 Å². The highest BCUT2D eigenvalue weighted by atomic mass is 79.9. The van der Waals surface area contributed by atoms with Gasteiger partial charge in [-0.15, -0.1) is 0 Å². The van der Waals surface area contributed by atoms with Gasteiger partial charge in [0.25, 0.3) is 0 Å². The maximum Gasteiger partial charge on any atom is 0.0662 e. The standard InChI is InChI=1S/C25H30BrN/c1-23(2,3)21-11-9-10-18(15-21)19-14-20(22-12-7-8-13-27-22)17-25(26,16-19)24(4,5)6/h7-16H,17H2,1-6H3. The minimum Gasteiger partial charge on any atom is -0.257 e. The summed E-state index contributed by atoms with van der Waals surface area (Å²) in [6.45, 7) is 13.7. The lowest BCUT2D eigenvalue weighted by molar-refractivity contribution is 0.339. The van der Waals surface area contributed by atoms with Gasteiger partial charge < -0.3 is 0 Å². The molecule has 0 fully saturated rings. The fourth-order valence-corrected chi connectivity index (χ4v) is 3.93. The van der Waals surface area contributed by atoms with E-state index in [-0.39, 0.29) is 15.2 Å². The lowest BCUT2D eigenvalue weighted by Crippen LogP contribution is -2.36. The van der Waals surface area contributed by atoms with Gasteiger partial charge in [0.05, 0.1) is 10.0 Å². The van der Waals surface area contributed by atoms with Crippen molar-refractivity contribution in [3.63, 3.8) is 0 Å². The fraction of sp³-hybridized carbons (Fsp3) is 0.400. The van der Waals surface area contributed by atoms with Crippen LogP contribution in [0.5, 0.6) is 0 Å². The second-order valence-electron chi connectivity index (χ2n) is 9.60. The van der Waals surface area contributed by atoms with Gasteiger partial charge in [-0.05, 0) is 57.7 Å². The quantitative estimate of drug-likeness (QED) is 0.457. The normalized spacial score (nSPS) is 20.9. The molecule has 0 amide bonds. The van der Waals surface area contributed by atoms with Crippen LogP contribution in [-0.2, 0) is 5.41 Å². The van der Waals surface area contributed by atoms with E-state index in [9.17, 15) is 0 Å². The lowest BCUT2D eigenvalue weighted by Gasteiger charge is -2.41. The molecule has 2 heteroatoms. The second-order valence-corrected chi connectivity index (χ2v) is 11.0. The van der Waals surface area contributed by atoms with Crippen LogP contribution in [0, 0.1) is 5.41 Å². The Labute approximate surface area is 172 Å². The van der Waals surface area contributed by atoms with Gasteiger partial charge in [-0.3, -0.25) is 4.98 Å². The van der Waals surface area contributed by atoms with Crippen molar-refractivity contribution >= 4 is 27.1 Å². The predicted octanol–water partition coefficient (Wildman–Crippen LogP) is 7.43. The Kier molecular flexibility index (Phi) is 5.24. The molecule has 1 nitrogen and oxygen atoms in total. The number of hydrogen-bond donors (Lipinski definition) is 0. The van der Waals surface area contributed by atoms with Crippen LogP contribution in [0.4, 0.5) is 0 Å². The molecule has 1 aromatic carbocycles. The third kappa shape index (κ3) is 4.27. The predicted molar refractivity (Wildman–Crippen MR) is 121 cm³/mol. The molecule has 0 saturated carbocycles. The van der Waals surface area contributed by atoms with E-state index in [1.165, 1.54) is 22.3 Å². The molecular weight excluding hydrogens is 394 g/mol. The first kappa shape index (κ1) is 20.1. The summed E-state index contributed by atoms with van der Waals surface area (Å²) in [5, 5.41) is 0. The number of hydrogen-bond acceptors (Lipinski definition) is 1. The molecule has 0 saturated heterocycles. The van der Waals surface area contributed by atoms with E-state index < -0.39 is 0 Å². The van der Waals surface area contributed by atoms with E-state index in [2.05, 4.69) is 111 Å². The van der Waals surface area contributed by atoms with Crippen LogP contribution in [0.1, 0.15) is 64.8 Å². The first-order valence-corrected chi connectivity index (χ1v) is 10.4. The zero-order chi connectivity index (χ0) is 19.9. The van der Waals surface area contributed by atoms with Crippen molar-refractivity contribution < 1.29 is 0 Å². The summed E-state index contributed by atoms with van der Waals surface area (Å²) in [4.78, 5) is 4.62. The molecular formula is C25H30BrN. The van der Waals surface area contributed by atoms with Gasteiger partial charge >= 0.3 is 0 Å². The van der Waals surface area contributed by atoms with Gasteiger partial charge in [0, 0.05) is 6.20 Å². The van der Waals surface area contributed by atoms with Crippen molar-refractivity contribution in [2.24, 2.45) is 5.41 Å². The molecule has 1 atom stereocenters. The average Bonchev–Trinajstić information content (AvgIpc) is 2.60. The van der Waals surface area contributed by atoms with Crippen molar-refractivity contribution in [2.45, 2.75) is 57.7 Å². The Morgan fingerprint density at radius 2 is 1.70 bits per heavy atom. The number of rotatable bonds is 2. The Morgan fingerprint density at radius 3 is 2.30 bits per heavy atom. The van der Waals surface area contributed by atoms with Crippen molar-refractivity contribution in [3.8, 4) is 0 Å². The molecule has 0 spiro atoms. The molecule has 0 aliphatic heterocycles. The van der Waals surface area contributed by atoms with Crippen LogP contribution in [0.2, 0.25) is 0 Å². The van der Waals surface area contributed by atoms with Gasteiger partial charge in [0.2, 0.25) is 0 Å². The fourth-order valence-electron chi connectivity index (χ4n) is 3.39. The third-order valence-electron chi connectivity index (χ3n) is 5.46. The Balaban J connectivity index is 2.15. The molecule has 2 aromatic rings. The number of nitrogens with zero attached hydrogens (tertiary/aromatic N) is 1. The third-order valence-corrected chi connectivity index (χ3v) is 7.16. The number of benzene rings is 1. The summed E-state index contributed by atoms with van der Waals surface area (Å²) in [5.74, 6) is 0. The van der Waals surface area contributed by atoms with E-state index >= 15 is 0 Å². The van der Waals surface area contributed by atoms with E-state index in [4.69, 9.17) is 0 Å². The van der Waals surface area contributed by atoms with Gasteiger partial charge in [-0.1, -0.05) is 93.9 Å². The minimum absolute atomic E-state index is 0.0776. The molecule has 142 valence electrons. The Bertz CT molecular complexity index is 879. The van der Waals surface area contributed by atoms with Gasteiger partial charge in [-0.2, -0.15) is 0 Å². The summed E-state index contributed by atoms with van der Waals surface area (Å²) in [7, 11) is 0. The maximum atomic E-state index is 4.62. The van der Waals surface area contributed by atoms with E-state index in [0.717, 1.165) is 12.1 Å². The maximum absolute atomic E-state index is 4.62. The SMILES string of the molecule is CC(C)(C)c1cccc(C2=CC(Br)(C(C)(C)C)CC(c3ccccn3)=C2)c1. The summed E-state index contributed by atoms with van der Waals surface area (Å²) in [6.07, 6.45) is 7.52. The number of pyridine rings is 1. The average molecular weight is 424 g/mol. The summed E-state index contributed by atoms with van der Waals surface area (Å²) < 4.78 is -0.116. The first-order valence-electron chi connectivity index (χ1n) is 9.64. The highest BCUT2D eigenvalue weighted by Gasteiger charge is 2.40. The molecule has 3 rings (SSSR count). The van der Waals surface area contributed by atoms with E-state index in [1.807, 2.05) is 12.3 Å². The molecule has 0 bridgehead atoms. The molecule has 27 heavy (non-hydrogen) atoms. The Morgan fingerprint density at radius 1 is 0.963 bits per heavy atom.